The molecule has 2 rings (SSSR count). The summed E-state index contributed by atoms with van der Waals surface area (Å²) in [6.45, 7) is 1.81. The molecule has 92 valence electrons. The molecule has 1 N–H and O–H groups in total. The van der Waals surface area contributed by atoms with Crippen molar-refractivity contribution in [2.24, 2.45) is 0 Å². The monoisotopic (exact) mass is 262 g/mol. The van der Waals surface area contributed by atoms with Gasteiger partial charge >= 0.3 is 5.97 Å². The molecule has 0 amide bonds. The number of para-hydroxylation sites is 1. The molecule has 0 saturated heterocycles. The first-order valence-corrected chi connectivity index (χ1v) is 5.68. The number of carbonyl (C=O) groups is 1. The Hall–Kier alpha value is -2.07. The van der Waals surface area contributed by atoms with E-state index in [2.05, 4.69) is 5.10 Å². The summed E-state index contributed by atoms with van der Waals surface area (Å²) in [5, 5.41) is 13.5. The lowest BCUT2D eigenvalue weighted by molar-refractivity contribution is -0.131. The highest BCUT2D eigenvalue weighted by atomic mass is 35.5. The fraction of sp³-hybridized carbons (Fsp3) is 0.0769. The number of nitrogens with zero attached hydrogens (tertiary/aromatic N) is 2. The van der Waals surface area contributed by atoms with E-state index in [4.69, 9.17) is 16.7 Å². The molecule has 0 fully saturated rings. The van der Waals surface area contributed by atoms with Gasteiger partial charge in [-0.15, -0.1) is 0 Å². The third-order valence-corrected chi connectivity index (χ3v) is 2.80. The zero-order valence-electron chi connectivity index (χ0n) is 9.67. The number of benzene rings is 1. The number of rotatable bonds is 3. The van der Waals surface area contributed by atoms with Gasteiger partial charge in [0.1, 0.15) is 0 Å². The van der Waals surface area contributed by atoms with Crippen LogP contribution in [0.3, 0.4) is 0 Å². The molecule has 2 aromatic rings. The van der Waals surface area contributed by atoms with E-state index in [1.807, 2.05) is 31.2 Å². The quantitative estimate of drug-likeness (QED) is 0.866. The van der Waals surface area contributed by atoms with Gasteiger partial charge in [-0.2, -0.15) is 5.10 Å². The lowest BCUT2D eigenvalue weighted by Gasteiger charge is -2.05. The minimum Gasteiger partial charge on any atom is -0.478 e. The number of aryl methyl sites for hydroxylation is 1. The Balaban J connectivity index is 2.47. The first kappa shape index (κ1) is 12.4. The van der Waals surface area contributed by atoms with Crippen LogP contribution in [0.5, 0.6) is 0 Å². The van der Waals surface area contributed by atoms with Crippen molar-refractivity contribution in [2.45, 2.75) is 6.92 Å². The molecule has 0 aliphatic heterocycles. The Morgan fingerprint density at radius 1 is 1.44 bits per heavy atom. The van der Waals surface area contributed by atoms with Crippen molar-refractivity contribution in [1.82, 2.24) is 9.78 Å². The van der Waals surface area contributed by atoms with Gasteiger partial charge in [-0.1, -0.05) is 29.8 Å². The SMILES string of the molecule is Cc1nn(-c2ccccc2C=CC(=O)O)cc1Cl. The summed E-state index contributed by atoms with van der Waals surface area (Å²) in [5.74, 6) is -0.987. The van der Waals surface area contributed by atoms with Gasteiger partial charge in [0.25, 0.3) is 0 Å². The van der Waals surface area contributed by atoms with Gasteiger partial charge < -0.3 is 5.11 Å². The first-order valence-electron chi connectivity index (χ1n) is 5.30. The van der Waals surface area contributed by atoms with E-state index in [1.54, 1.807) is 10.9 Å². The predicted octanol–water partition coefficient (Wildman–Crippen LogP) is 2.93. The Labute approximate surface area is 109 Å². The van der Waals surface area contributed by atoms with Crippen molar-refractivity contribution in [3.8, 4) is 5.69 Å². The van der Waals surface area contributed by atoms with Gasteiger partial charge in [0, 0.05) is 17.8 Å². The van der Waals surface area contributed by atoms with E-state index < -0.39 is 5.97 Å². The largest absolute Gasteiger partial charge is 0.478 e. The molecule has 0 aliphatic rings. The van der Waals surface area contributed by atoms with Gasteiger partial charge in [-0.05, 0) is 19.1 Å². The second-order valence-corrected chi connectivity index (χ2v) is 4.14. The molecule has 0 radical (unpaired) electrons. The highest BCUT2D eigenvalue weighted by Gasteiger charge is 2.06. The van der Waals surface area contributed by atoms with Crippen LogP contribution in [0.4, 0.5) is 0 Å². The topological polar surface area (TPSA) is 55.1 Å². The molecule has 0 unspecified atom stereocenters. The average molecular weight is 263 g/mol. The predicted molar refractivity (Wildman–Crippen MR) is 70.0 cm³/mol. The fourth-order valence-corrected chi connectivity index (χ4v) is 1.69. The van der Waals surface area contributed by atoms with Crippen molar-refractivity contribution >= 4 is 23.6 Å². The molecule has 5 heteroatoms. The van der Waals surface area contributed by atoms with E-state index in [-0.39, 0.29) is 0 Å². The van der Waals surface area contributed by atoms with Crippen LogP contribution in [0.1, 0.15) is 11.3 Å². The van der Waals surface area contributed by atoms with Crippen LogP contribution < -0.4 is 0 Å². The van der Waals surface area contributed by atoms with Crippen LogP contribution in [0, 0.1) is 6.92 Å². The van der Waals surface area contributed by atoms with Gasteiger partial charge in [0.15, 0.2) is 0 Å². The third kappa shape index (κ3) is 2.60. The van der Waals surface area contributed by atoms with Crippen molar-refractivity contribution < 1.29 is 9.90 Å². The van der Waals surface area contributed by atoms with E-state index in [1.165, 1.54) is 6.08 Å². The number of hydrogen-bond acceptors (Lipinski definition) is 2. The summed E-state index contributed by atoms with van der Waals surface area (Å²) in [5.41, 5.74) is 2.28. The number of aromatic nitrogens is 2. The Morgan fingerprint density at radius 2 is 2.17 bits per heavy atom. The standard InChI is InChI=1S/C13H11ClN2O2/c1-9-11(14)8-16(15-9)12-5-3-2-4-10(12)6-7-13(17)18/h2-8H,1H3,(H,17,18). The van der Waals surface area contributed by atoms with Gasteiger partial charge in [-0.25, -0.2) is 9.48 Å². The number of hydrogen-bond donors (Lipinski definition) is 1. The molecule has 0 atom stereocenters. The lowest BCUT2D eigenvalue weighted by Crippen LogP contribution is -1.98. The van der Waals surface area contributed by atoms with E-state index >= 15 is 0 Å². The minimum absolute atomic E-state index is 0.576. The van der Waals surface area contributed by atoms with Gasteiger partial charge in [-0.3, -0.25) is 0 Å². The molecule has 1 heterocycles. The van der Waals surface area contributed by atoms with Crippen LogP contribution in [-0.2, 0) is 4.79 Å². The summed E-state index contributed by atoms with van der Waals surface area (Å²) in [7, 11) is 0. The maximum Gasteiger partial charge on any atom is 0.328 e. The molecule has 1 aromatic carbocycles. The number of halogens is 1. The second kappa shape index (κ2) is 5.06. The van der Waals surface area contributed by atoms with Crippen molar-refractivity contribution in [3.63, 3.8) is 0 Å². The molecular formula is C13H11ClN2O2. The summed E-state index contributed by atoms with van der Waals surface area (Å²) < 4.78 is 1.64. The smallest absolute Gasteiger partial charge is 0.328 e. The highest BCUT2D eigenvalue weighted by Crippen LogP contribution is 2.20. The zero-order chi connectivity index (χ0) is 13.1. The molecular weight excluding hydrogens is 252 g/mol. The summed E-state index contributed by atoms with van der Waals surface area (Å²) in [6.07, 6.45) is 4.32. The maximum absolute atomic E-state index is 10.5. The average Bonchev–Trinajstić information content (AvgIpc) is 2.67. The maximum atomic E-state index is 10.5. The second-order valence-electron chi connectivity index (χ2n) is 3.74. The normalized spacial score (nSPS) is 11.0. The Morgan fingerprint density at radius 3 is 2.78 bits per heavy atom. The van der Waals surface area contributed by atoms with Crippen molar-refractivity contribution in [1.29, 1.82) is 0 Å². The highest BCUT2D eigenvalue weighted by molar-refractivity contribution is 6.31. The molecule has 0 bridgehead atoms. The number of aliphatic carboxylic acids is 1. The third-order valence-electron chi connectivity index (χ3n) is 2.43. The lowest BCUT2D eigenvalue weighted by atomic mass is 10.1. The Bertz CT molecular complexity index is 598. The molecule has 0 aliphatic carbocycles. The van der Waals surface area contributed by atoms with E-state index in [0.717, 1.165) is 23.0 Å². The zero-order valence-corrected chi connectivity index (χ0v) is 10.4. The molecule has 18 heavy (non-hydrogen) atoms. The first-order chi connectivity index (χ1) is 8.58. The van der Waals surface area contributed by atoms with Gasteiger partial charge in [0.2, 0.25) is 0 Å². The molecule has 0 spiro atoms. The van der Waals surface area contributed by atoms with Crippen molar-refractivity contribution in [2.75, 3.05) is 0 Å². The molecule has 0 saturated carbocycles. The number of carboxylic acid groups (broad SMARTS) is 1. The van der Waals surface area contributed by atoms with Gasteiger partial charge in [0.05, 0.1) is 16.4 Å². The molecule has 4 nitrogen and oxygen atoms in total. The summed E-state index contributed by atoms with van der Waals surface area (Å²) >= 11 is 5.96. The van der Waals surface area contributed by atoms with E-state index in [9.17, 15) is 4.79 Å². The van der Waals surface area contributed by atoms with Crippen molar-refractivity contribution in [3.05, 3.63) is 52.8 Å². The minimum atomic E-state index is -0.987. The molecule has 1 aromatic heterocycles. The number of carboxylic acids is 1. The summed E-state index contributed by atoms with van der Waals surface area (Å²) in [6, 6.07) is 7.37. The van der Waals surface area contributed by atoms with Crippen LogP contribution in [0.25, 0.3) is 11.8 Å². The van der Waals surface area contributed by atoms with Crippen LogP contribution >= 0.6 is 11.6 Å². The fourth-order valence-electron chi connectivity index (χ4n) is 1.56. The Kier molecular flexibility index (Phi) is 3.48. The summed E-state index contributed by atoms with van der Waals surface area (Å²) in [4.78, 5) is 10.5. The van der Waals surface area contributed by atoms with Crippen LogP contribution in [0.15, 0.2) is 36.5 Å². The van der Waals surface area contributed by atoms with Crippen LogP contribution in [0.2, 0.25) is 5.02 Å². The van der Waals surface area contributed by atoms with Crippen LogP contribution in [-0.4, -0.2) is 20.9 Å². The van der Waals surface area contributed by atoms with E-state index in [0.29, 0.717) is 5.02 Å².